The van der Waals surface area contributed by atoms with Crippen LogP contribution in [0.25, 0.3) is 6.08 Å². The first-order valence-electron chi connectivity index (χ1n) is 4.18. The van der Waals surface area contributed by atoms with Crippen LogP contribution in [0, 0.1) is 0 Å². The van der Waals surface area contributed by atoms with E-state index in [1.165, 1.54) is 12.0 Å². The molecule has 0 aromatic heterocycles. The van der Waals surface area contributed by atoms with E-state index < -0.39 is 0 Å². The van der Waals surface area contributed by atoms with Crippen molar-refractivity contribution < 1.29 is 4.18 Å². The Morgan fingerprint density at radius 2 is 2.08 bits per heavy atom. The van der Waals surface area contributed by atoms with Crippen LogP contribution >= 0.6 is 12.0 Å². The highest BCUT2D eigenvalue weighted by Gasteiger charge is 1.99. The number of fused-ring (bicyclic) bond motifs is 1. The zero-order valence-electron chi connectivity index (χ0n) is 7.14. The summed E-state index contributed by atoms with van der Waals surface area (Å²) in [6.07, 6.45) is 8.21. The van der Waals surface area contributed by atoms with Crippen LogP contribution in [0.4, 0.5) is 0 Å². The van der Waals surface area contributed by atoms with Gasteiger partial charge in [0.2, 0.25) is 0 Å². The van der Waals surface area contributed by atoms with Crippen LogP contribution in [-0.4, -0.2) is 5.75 Å². The third kappa shape index (κ3) is 2.16. The third-order valence-electron chi connectivity index (χ3n) is 1.75. The number of hydrogen-bond acceptors (Lipinski definition) is 2. The van der Waals surface area contributed by atoms with Gasteiger partial charge in [-0.1, -0.05) is 42.5 Å². The Hall–Kier alpha value is -1.15. The van der Waals surface area contributed by atoms with E-state index in [0.29, 0.717) is 0 Å². The first-order valence-corrected chi connectivity index (χ1v) is 5.09. The van der Waals surface area contributed by atoms with Crippen LogP contribution in [0.1, 0.15) is 5.56 Å². The molecule has 1 aliphatic heterocycles. The molecule has 0 spiro atoms. The molecule has 1 heterocycles. The minimum Gasteiger partial charge on any atom is -0.425 e. The molecule has 0 saturated heterocycles. The van der Waals surface area contributed by atoms with Crippen LogP contribution in [0.3, 0.4) is 0 Å². The topological polar surface area (TPSA) is 9.23 Å². The fraction of sp³-hybridized carbons (Fsp3) is 0.0909. The minimum absolute atomic E-state index is 0.888. The number of para-hydroxylation sites is 1. The monoisotopic (exact) mass is 190 g/mol. The molecule has 0 bridgehead atoms. The van der Waals surface area contributed by atoms with Gasteiger partial charge in [-0.3, -0.25) is 0 Å². The summed E-state index contributed by atoms with van der Waals surface area (Å²) in [5.41, 5.74) is 1.13. The molecule has 0 aliphatic carbocycles. The number of rotatable bonds is 0. The van der Waals surface area contributed by atoms with Gasteiger partial charge in [-0.2, -0.15) is 0 Å². The lowest BCUT2D eigenvalue weighted by molar-refractivity contribution is 0.646. The minimum atomic E-state index is 0.888. The summed E-state index contributed by atoms with van der Waals surface area (Å²) in [5, 5.41) is 0. The average Bonchev–Trinajstić information content (AvgIpc) is 2.28. The highest BCUT2D eigenvalue weighted by molar-refractivity contribution is 7.95. The summed E-state index contributed by atoms with van der Waals surface area (Å²) in [5.74, 6) is 1.83. The lowest BCUT2D eigenvalue weighted by atomic mass is 10.2. The van der Waals surface area contributed by atoms with Crippen molar-refractivity contribution in [2.24, 2.45) is 0 Å². The van der Waals surface area contributed by atoms with Gasteiger partial charge in [0.25, 0.3) is 0 Å². The van der Waals surface area contributed by atoms with Gasteiger partial charge in [-0.05, 0) is 6.07 Å². The molecule has 2 rings (SSSR count). The summed E-state index contributed by atoms with van der Waals surface area (Å²) in [4.78, 5) is 0. The predicted octanol–water partition coefficient (Wildman–Crippen LogP) is 3.30. The number of hydrogen-bond donors (Lipinski definition) is 0. The van der Waals surface area contributed by atoms with Crippen LogP contribution in [0.5, 0.6) is 5.75 Å². The molecule has 0 amide bonds. The van der Waals surface area contributed by atoms with Crippen molar-refractivity contribution in [3.8, 4) is 5.75 Å². The molecule has 66 valence electrons. The molecule has 0 atom stereocenters. The lowest BCUT2D eigenvalue weighted by Gasteiger charge is -2.04. The average molecular weight is 190 g/mol. The summed E-state index contributed by atoms with van der Waals surface area (Å²) in [7, 11) is 0. The Labute approximate surface area is 82.3 Å². The molecular formula is C11H10OS. The fourth-order valence-corrected chi connectivity index (χ4v) is 1.66. The molecule has 13 heavy (non-hydrogen) atoms. The van der Waals surface area contributed by atoms with Gasteiger partial charge in [-0.25, -0.2) is 0 Å². The molecule has 0 fully saturated rings. The molecule has 0 N–H and O–H groups in total. The normalized spacial score (nSPS) is 15.1. The Kier molecular flexibility index (Phi) is 2.72. The standard InChI is InChI=1S/C11H10OS/c1-2-6-10-7-3-4-8-11(10)12-13-9-5-1/h1-8H,9H2. The van der Waals surface area contributed by atoms with E-state index >= 15 is 0 Å². The van der Waals surface area contributed by atoms with E-state index in [4.69, 9.17) is 4.18 Å². The van der Waals surface area contributed by atoms with Crippen molar-refractivity contribution in [3.63, 3.8) is 0 Å². The molecule has 1 nitrogen and oxygen atoms in total. The van der Waals surface area contributed by atoms with Crippen LogP contribution in [0.2, 0.25) is 0 Å². The predicted molar refractivity (Wildman–Crippen MR) is 57.7 cm³/mol. The Balaban J connectivity index is 2.35. The number of allylic oxidation sites excluding steroid dienone is 2. The van der Waals surface area contributed by atoms with E-state index in [1.807, 2.05) is 36.4 Å². The maximum absolute atomic E-state index is 5.52. The maximum Gasteiger partial charge on any atom is 0.144 e. The summed E-state index contributed by atoms with van der Waals surface area (Å²) in [6, 6.07) is 8.03. The van der Waals surface area contributed by atoms with Crippen molar-refractivity contribution in [2.75, 3.05) is 5.75 Å². The third-order valence-corrected chi connectivity index (χ3v) is 2.38. The molecule has 1 aromatic rings. The van der Waals surface area contributed by atoms with Crippen molar-refractivity contribution in [1.29, 1.82) is 0 Å². The summed E-state index contributed by atoms with van der Waals surface area (Å²) >= 11 is 1.46. The second-order valence-corrected chi connectivity index (χ2v) is 3.43. The van der Waals surface area contributed by atoms with Gasteiger partial charge >= 0.3 is 0 Å². The zero-order chi connectivity index (χ0) is 8.93. The molecule has 0 radical (unpaired) electrons. The SMILES string of the molecule is C1=CCSOc2ccccc2C=C1. The zero-order valence-corrected chi connectivity index (χ0v) is 7.96. The van der Waals surface area contributed by atoms with E-state index in [0.717, 1.165) is 17.1 Å². The van der Waals surface area contributed by atoms with Gasteiger partial charge in [0.05, 0.1) is 17.8 Å². The Bertz CT molecular complexity index is 342. The van der Waals surface area contributed by atoms with Crippen molar-refractivity contribution in [3.05, 3.63) is 48.1 Å². The van der Waals surface area contributed by atoms with Gasteiger partial charge in [0, 0.05) is 5.56 Å². The van der Waals surface area contributed by atoms with Crippen molar-refractivity contribution in [2.45, 2.75) is 0 Å². The quantitative estimate of drug-likeness (QED) is 0.580. The van der Waals surface area contributed by atoms with E-state index in [1.54, 1.807) is 0 Å². The smallest absolute Gasteiger partial charge is 0.144 e. The van der Waals surface area contributed by atoms with Gasteiger partial charge in [-0.15, -0.1) is 0 Å². The molecular weight excluding hydrogens is 180 g/mol. The highest BCUT2D eigenvalue weighted by atomic mass is 32.2. The van der Waals surface area contributed by atoms with Crippen LogP contribution < -0.4 is 4.18 Å². The highest BCUT2D eigenvalue weighted by Crippen LogP contribution is 2.24. The second kappa shape index (κ2) is 4.19. The summed E-state index contributed by atoms with van der Waals surface area (Å²) in [6.45, 7) is 0. The van der Waals surface area contributed by atoms with Crippen molar-refractivity contribution >= 4 is 18.1 Å². The van der Waals surface area contributed by atoms with Crippen LogP contribution in [0.15, 0.2) is 42.5 Å². The first kappa shape index (κ1) is 8.45. The molecule has 2 heteroatoms. The Morgan fingerprint density at radius 3 is 3.08 bits per heavy atom. The van der Waals surface area contributed by atoms with Crippen LogP contribution in [-0.2, 0) is 0 Å². The molecule has 1 aliphatic rings. The van der Waals surface area contributed by atoms with Gasteiger partial charge < -0.3 is 4.18 Å². The molecule has 1 aromatic carbocycles. The molecule has 0 saturated carbocycles. The maximum atomic E-state index is 5.52. The largest absolute Gasteiger partial charge is 0.425 e. The molecule has 0 unspecified atom stereocenters. The van der Waals surface area contributed by atoms with E-state index in [2.05, 4.69) is 12.2 Å². The van der Waals surface area contributed by atoms with E-state index in [-0.39, 0.29) is 0 Å². The first-order chi connectivity index (χ1) is 6.47. The van der Waals surface area contributed by atoms with Gasteiger partial charge in [0.1, 0.15) is 5.75 Å². The lowest BCUT2D eigenvalue weighted by Crippen LogP contribution is -1.84. The second-order valence-electron chi connectivity index (χ2n) is 2.69. The van der Waals surface area contributed by atoms with Gasteiger partial charge in [0.15, 0.2) is 0 Å². The summed E-state index contributed by atoms with van der Waals surface area (Å²) < 4.78 is 5.52. The van der Waals surface area contributed by atoms with E-state index in [9.17, 15) is 0 Å². The fourth-order valence-electron chi connectivity index (χ4n) is 1.12. The van der Waals surface area contributed by atoms with Crippen molar-refractivity contribution in [1.82, 2.24) is 0 Å². The number of benzene rings is 1. The Morgan fingerprint density at radius 1 is 1.15 bits per heavy atom.